The Morgan fingerprint density at radius 1 is 0.268 bits per heavy atom. The minimum absolute atomic E-state index is 0. The molecule has 6 rings (SSSR count). The molecular weight excluding hydrogens is 623 g/mol. The van der Waals surface area contributed by atoms with Gasteiger partial charge in [0.05, 0.1) is 0 Å². The van der Waals surface area contributed by atoms with E-state index in [2.05, 4.69) is 189 Å². The number of carbonyl (C=O) groups excluding carboxylic acids is 1. The Balaban J connectivity index is 0.000000208. The first-order valence-electron chi connectivity index (χ1n) is 13.0. The van der Waals surface area contributed by atoms with Crippen LogP contribution >= 0.6 is 15.8 Å². The van der Waals surface area contributed by atoms with Crippen LogP contribution in [0.1, 0.15) is 0 Å². The van der Waals surface area contributed by atoms with Gasteiger partial charge in [-0.15, -0.1) is 0 Å². The second-order valence-electron chi connectivity index (χ2n) is 8.68. The predicted octanol–water partition coefficient (Wildman–Crippen LogP) is 6.61. The molecule has 1 nitrogen and oxygen atoms in total. The van der Waals surface area contributed by atoms with Crippen LogP contribution in [-0.2, 0) is 24.3 Å². The van der Waals surface area contributed by atoms with Gasteiger partial charge in [-0.05, 0) is 47.7 Å². The van der Waals surface area contributed by atoms with E-state index in [0.29, 0.717) is 0 Å². The van der Waals surface area contributed by atoms with Crippen LogP contribution in [0, 0.1) is 0 Å². The molecule has 0 aliphatic rings. The van der Waals surface area contributed by atoms with Crippen molar-refractivity contribution in [1.82, 2.24) is 0 Å². The van der Waals surface area contributed by atoms with E-state index in [4.69, 9.17) is 4.79 Å². The van der Waals surface area contributed by atoms with Gasteiger partial charge in [0, 0.05) is 0 Å². The summed E-state index contributed by atoms with van der Waals surface area (Å²) in [5.74, 6) is 0. The average Bonchev–Trinajstić information content (AvgIpc) is 3.06. The Labute approximate surface area is 259 Å². The molecule has 4 heteroatoms. The molecule has 0 aromatic heterocycles. The third kappa shape index (κ3) is 9.24. The summed E-state index contributed by atoms with van der Waals surface area (Å²) >= 11 is 0. The van der Waals surface area contributed by atoms with E-state index in [1.54, 1.807) is 0 Å². The molecule has 41 heavy (non-hydrogen) atoms. The van der Waals surface area contributed by atoms with E-state index in [1.807, 2.05) is 0 Å². The molecule has 0 N–H and O–H groups in total. The molecule has 0 heterocycles. The van der Waals surface area contributed by atoms with Crippen LogP contribution < -0.4 is 31.8 Å². The molecule has 6 aromatic rings. The largest absolute Gasteiger partial charge is 1.00 e. The first-order chi connectivity index (χ1) is 19.9. The van der Waals surface area contributed by atoms with Crippen molar-refractivity contribution in [2.75, 3.05) is 0 Å². The number of rotatable bonds is 6. The quantitative estimate of drug-likeness (QED) is 0.0856. The van der Waals surface area contributed by atoms with Crippen LogP contribution in [0.5, 0.6) is 0 Å². The van der Waals surface area contributed by atoms with Gasteiger partial charge in [0.2, 0.25) is 0 Å². The summed E-state index contributed by atoms with van der Waals surface area (Å²) in [4.78, 5) is 7.75. The molecule has 0 saturated heterocycles. The second kappa shape index (κ2) is 18.0. The van der Waals surface area contributed by atoms with Crippen LogP contribution in [0.25, 0.3) is 0 Å². The smallest absolute Gasteiger partial charge is 0.545 e. The molecule has 0 aliphatic carbocycles. The van der Waals surface area contributed by atoms with Gasteiger partial charge in [-0.3, -0.25) is 6.79 Å². The van der Waals surface area contributed by atoms with Gasteiger partial charge in [-0.25, -0.2) is 0 Å². The van der Waals surface area contributed by atoms with E-state index >= 15 is 0 Å². The van der Waals surface area contributed by atoms with Crippen molar-refractivity contribution in [3.63, 3.8) is 0 Å². The van der Waals surface area contributed by atoms with Crippen LogP contribution in [-0.4, -0.2) is 6.79 Å². The summed E-state index contributed by atoms with van der Waals surface area (Å²) in [5, 5.41) is 8.39. The van der Waals surface area contributed by atoms with E-state index in [9.17, 15) is 0 Å². The molecular formula is C37H31OP2Ru. The predicted molar refractivity (Wildman–Crippen MR) is 177 cm³/mol. The topological polar surface area (TPSA) is 17.1 Å². The fourth-order valence-corrected chi connectivity index (χ4v) is 8.97. The number of benzene rings is 6. The van der Waals surface area contributed by atoms with Gasteiger partial charge in [0.1, 0.15) is 0 Å². The average molecular weight is 655 g/mol. The molecule has 203 valence electrons. The van der Waals surface area contributed by atoms with Gasteiger partial charge in [0.15, 0.2) is 0 Å². The normalized spacial score (nSPS) is 9.90. The van der Waals surface area contributed by atoms with Crippen molar-refractivity contribution in [1.29, 1.82) is 0 Å². The Bertz CT molecular complexity index is 1200. The summed E-state index contributed by atoms with van der Waals surface area (Å²) in [6.45, 7) is 3.25. The van der Waals surface area contributed by atoms with Crippen molar-refractivity contribution < 1.29 is 24.3 Å². The first-order valence-corrected chi connectivity index (χ1v) is 15.7. The number of hydrogen-bond donors (Lipinski definition) is 0. The summed E-state index contributed by atoms with van der Waals surface area (Å²) in [5.41, 5.74) is 0. The Morgan fingerprint density at radius 2 is 0.390 bits per heavy atom. The van der Waals surface area contributed by atoms with Gasteiger partial charge < -0.3 is 4.79 Å². The fraction of sp³-hybridized carbons (Fsp3) is 0. The third-order valence-electron chi connectivity index (χ3n) is 6.09. The Hall–Kier alpha value is -3.53. The van der Waals surface area contributed by atoms with Gasteiger partial charge in [-0.2, -0.15) is 0 Å². The van der Waals surface area contributed by atoms with Gasteiger partial charge >= 0.3 is 19.5 Å². The Kier molecular flexibility index (Phi) is 14.1. The van der Waals surface area contributed by atoms with Crippen LogP contribution in [0.3, 0.4) is 0 Å². The maximum atomic E-state index is 7.75. The molecule has 0 amide bonds. The molecule has 0 bridgehead atoms. The van der Waals surface area contributed by atoms with E-state index in [-0.39, 0.29) is 19.5 Å². The molecule has 0 unspecified atom stereocenters. The first kappa shape index (κ1) is 32.0. The van der Waals surface area contributed by atoms with Crippen LogP contribution in [0.2, 0.25) is 0 Å². The third-order valence-corrected chi connectivity index (χ3v) is 11.0. The molecule has 0 saturated carbocycles. The van der Waals surface area contributed by atoms with Crippen molar-refractivity contribution in [3.05, 3.63) is 182 Å². The van der Waals surface area contributed by atoms with Crippen molar-refractivity contribution in [2.24, 2.45) is 0 Å². The molecule has 0 fully saturated rings. The zero-order chi connectivity index (χ0) is 27.8. The minimum atomic E-state index is -0.446. The minimum Gasteiger partial charge on any atom is -0.545 e. The zero-order valence-electron chi connectivity index (χ0n) is 22.6. The molecule has 0 spiro atoms. The Morgan fingerprint density at radius 3 is 0.512 bits per heavy atom. The van der Waals surface area contributed by atoms with Crippen molar-refractivity contribution in [2.45, 2.75) is 0 Å². The maximum Gasteiger partial charge on any atom is 1.00 e. The molecule has 6 aromatic carbocycles. The molecule has 1 radical (unpaired) electrons. The van der Waals surface area contributed by atoms with Gasteiger partial charge in [-0.1, -0.05) is 182 Å². The van der Waals surface area contributed by atoms with E-state index < -0.39 is 15.8 Å². The molecule has 0 atom stereocenters. The summed E-state index contributed by atoms with van der Waals surface area (Å²) < 4.78 is 0. The van der Waals surface area contributed by atoms with Crippen LogP contribution in [0.15, 0.2) is 182 Å². The summed E-state index contributed by atoms with van der Waals surface area (Å²) in [6, 6.07) is 64.7. The summed E-state index contributed by atoms with van der Waals surface area (Å²) in [7, 11) is -0.892. The molecule has 0 aliphatic heterocycles. The zero-order valence-corrected chi connectivity index (χ0v) is 26.1. The SMILES string of the molecule is [CH-]=O.[Ru+].c1ccc(P(c2ccccc2)c2ccccc2)cc1.c1ccc(P(c2ccccc2)c2ccccc2)cc1. The number of hydrogen-bond acceptors (Lipinski definition) is 1. The van der Waals surface area contributed by atoms with Crippen LogP contribution in [0.4, 0.5) is 0 Å². The fourth-order valence-electron chi connectivity index (χ4n) is 4.36. The van der Waals surface area contributed by atoms with Gasteiger partial charge in [0.25, 0.3) is 0 Å². The monoisotopic (exact) mass is 655 g/mol. The van der Waals surface area contributed by atoms with Crippen molar-refractivity contribution in [3.8, 4) is 0 Å². The van der Waals surface area contributed by atoms with E-state index in [0.717, 1.165) is 0 Å². The summed E-state index contributed by atoms with van der Waals surface area (Å²) in [6.07, 6.45) is 0. The maximum absolute atomic E-state index is 7.75. The second-order valence-corrected chi connectivity index (χ2v) is 13.1. The van der Waals surface area contributed by atoms with Crippen molar-refractivity contribution >= 4 is 54.5 Å². The van der Waals surface area contributed by atoms with E-state index in [1.165, 1.54) is 31.8 Å². The standard InChI is InChI=1S/2C18H15P.CHO.Ru/c2*1-4-10-16(11-5-1)19(17-12-6-2-7-13-17)18-14-8-3-9-15-18;1-2;/h2*1-15H;1H;/q;;-1;+1.